The van der Waals surface area contributed by atoms with E-state index in [2.05, 4.69) is 15.2 Å². The number of pyridine rings is 1. The molecule has 5 nitrogen and oxygen atoms in total. The molecule has 2 fully saturated rings. The third-order valence-electron chi connectivity index (χ3n) is 4.58. The summed E-state index contributed by atoms with van der Waals surface area (Å²) in [5.74, 6) is 1.46. The number of amides is 1. The number of anilines is 1. The topological polar surface area (TPSA) is 54.5 Å². The van der Waals surface area contributed by atoms with Gasteiger partial charge in [0.1, 0.15) is 5.82 Å². The zero-order valence-corrected chi connectivity index (χ0v) is 13.3. The van der Waals surface area contributed by atoms with E-state index in [0.717, 1.165) is 57.7 Å². The van der Waals surface area contributed by atoms with Crippen LogP contribution in [0, 0.1) is 18.8 Å². The fourth-order valence-corrected chi connectivity index (χ4v) is 3.30. The highest BCUT2D eigenvalue weighted by Crippen LogP contribution is 2.21. The molecule has 1 aromatic rings. The molecule has 120 valence electrons. The lowest BCUT2D eigenvalue weighted by Gasteiger charge is -2.33. The molecule has 1 aromatic heterocycles. The number of likely N-dealkylation sites (tertiary alicyclic amines) is 1. The summed E-state index contributed by atoms with van der Waals surface area (Å²) in [4.78, 5) is 19.1. The molecule has 2 saturated heterocycles. The van der Waals surface area contributed by atoms with Crippen molar-refractivity contribution in [2.45, 2.75) is 26.2 Å². The minimum atomic E-state index is 0.0687. The number of rotatable bonds is 4. The Hall–Kier alpha value is -1.46. The smallest absolute Gasteiger partial charge is 0.229 e. The highest BCUT2D eigenvalue weighted by Gasteiger charge is 2.28. The predicted molar refractivity (Wildman–Crippen MR) is 85.7 cm³/mol. The van der Waals surface area contributed by atoms with Gasteiger partial charge >= 0.3 is 0 Å². The molecule has 0 spiro atoms. The summed E-state index contributed by atoms with van der Waals surface area (Å²) in [5.41, 5.74) is 1.10. The molecular weight excluding hydrogens is 278 g/mol. The molecule has 0 bridgehead atoms. The van der Waals surface area contributed by atoms with Crippen molar-refractivity contribution in [2.75, 3.05) is 38.2 Å². The number of ether oxygens (including phenoxy) is 1. The quantitative estimate of drug-likeness (QED) is 0.925. The Kier molecular flexibility index (Phi) is 5.05. The number of aromatic nitrogens is 1. The number of nitrogens with one attached hydrogen (secondary N) is 1. The Labute approximate surface area is 132 Å². The van der Waals surface area contributed by atoms with Crippen molar-refractivity contribution in [1.82, 2.24) is 9.88 Å². The van der Waals surface area contributed by atoms with Crippen molar-refractivity contribution in [3.63, 3.8) is 0 Å². The van der Waals surface area contributed by atoms with Gasteiger partial charge in [0.25, 0.3) is 0 Å². The van der Waals surface area contributed by atoms with Crippen molar-refractivity contribution in [2.24, 2.45) is 11.8 Å². The molecule has 1 amide bonds. The van der Waals surface area contributed by atoms with Gasteiger partial charge in [-0.05, 0) is 50.3 Å². The molecule has 3 rings (SSSR count). The second-order valence-electron chi connectivity index (χ2n) is 6.54. The number of carbonyl (C=O) groups is 1. The molecule has 2 aliphatic heterocycles. The molecule has 0 saturated carbocycles. The van der Waals surface area contributed by atoms with E-state index < -0.39 is 0 Å². The fraction of sp³-hybridized carbons (Fsp3) is 0.647. The van der Waals surface area contributed by atoms with Crippen LogP contribution in [0.4, 0.5) is 5.82 Å². The predicted octanol–water partition coefficient (Wildman–Crippen LogP) is 2.08. The van der Waals surface area contributed by atoms with Gasteiger partial charge in [-0.25, -0.2) is 4.98 Å². The van der Waals surface area contributed by atoms with E-state index in [4.69, 9.17) is 4.74 Å². The lowest BCUT2D eigenvalue weighted by atomic mass is 9.96. The van der Waals surface area contributed by atoms with Crippen LogP contribution >= 0.6 is 0 Å². The number of hydrogen-bond acceptors (Lipinski definition) is 4. The van der Waals surface area contributed by atoms with E-state index in [1.54, 1.807) is 6.20 Å². The normalized spacial score (nSPS) is 26.0. The molecule has 0 radical (unpaired) electrons. The first-order valence-corrected chi connectivity index (χ1v) is 8.24. The number of hydrogen-bond donors (Lipinski definition) is 1. The lowest BCUT2D eigenvalue weighted by molar-refractivity contribution is -0.121. The fourth-order valence-electron chi connectivity index (χ4n) is 3.30. The summed E-state index contributed by atoms with van der Waals surface area (Å²) in [5, 5.41) is 2.95. The third kappa shape index (κ3) is 4.05. The zero-order chi connectivity index (χ0) is 15.4. The van der Waals surface area contributed by atoms with Gasteiger partial charge in [-0.1, -0.05) is 6.07 Å². The van der Waals surface area contributed by atoms with Crippen LogP contribution in [-0.4, -0.2) is 48.6 Å². The first-order chi connectivity index (χ1) is 10.7. The molecule has 3 heterocycles. The summed E-state index contributed by atoms with van der Waals surface area (Å²) in [6.45, 7) is 6.77. The maximum Gasteiger partial charge on any atom is 0.229 e. The highest BCUT2D eigenvalue weighted by atomic mass is 16.5. The van der Waals surface area contributed by atoms with Crippen molar-refractivity contribution >= 4 is 11.7 Å². The SMILES string of the molecule is Cc1ccc(NC(=O)[C@@H]2CCCN(C[C@H]3CCOC3)C2)nc1. The first kappa shape index (κ1) is 15.4. The van der Waals surface area contributed by atoms with Gasteiger partial charge < -0.3 is 15.0 Å². The van der Waals surface area contributed by atoms with Gasteiger partial charge in [0.05, 0.1) is 12.5 Å². The van der Waals surface area contributed by atoms with Gasteiger partial charge in [-0.15, -0.1) is 0 Å². The monoisotopic (exact) mass is 303 g/mol. The molecule has 2 aliphatic rings. The van der Waals surface area contributed by atoms with Crippen LogP contribution in [0.2, 0.25) is 0 Å². The van der Waals surface area contributed by atoms with E-state index in [0.29, 0.717) is 11.7 Å². The van der Waals surface area contributed by atoms with Crippen molar-refractivity contribution in [1.29, 1.82) is 0 Å². The summed E-state index contributed by atoms with van der Waals surface area (Å²) in [7, 11) is 0. The first-order valence-electron chi connectivity index (χ1n) is 8.24. The Balaban J connectivity index is 1.52. The third-order valence-corrected chi connectivity index (χ3v) is 4.58. The Morgan fingerprint density at radius 3 is 3.09 bits per heavy atom. The van der Waals surface area contributed by atoms with Crippen LogP contribution in [0.25, 0.3) is 0 Å². The van der Waals surface area contributed by atoms with Crippen LogP contribution in [0.3, 0.4) is 0 Å². The molecule has 0 aromatic carbocycles. The maximum atomic E-state index is 12.4. The van der Waals surface area contributed by atoms with Crippen LogP contribution in [-0.2, 0) is 9.53 Å². The number of piperidine rings is 1. The Morgan fingerprint density at radius 2 is 2.36 bits per heavy atom. The number of nitrogens with zero attached hydrogens (tertiary/aromatic N) is 2. The van der Waals surface area contributed by atoms with Crippen molar-refractivity contribution < 1.29 is 9.53 Å². The Morgan fingerprint density at radius 1 is 1.45 bits per heavy atom. The van der Waals surface area contributed by atoms with Gasteiger partial charge in [-0.3, -0.25) is 4.79 Å². The molecular formula is C17H25N3O2. The zero-order valence-electron chi connectivity index (χ0n) is 13.3. The Bertz CT molecular complexity index is 497. The van der Waals surface area contributed by atoms with Gasteiger partial charge in [0.15, 0.2) is 0 Å². The largest absolute Gasteiger partial charge is 0.381 e. The molecule has 0 unspecified atom stereocenters. The van der Waals surface area contributed by atoms with Gasteiger partial charge in [0, 0.05) is 25.9 Å². The van der Waals surface area contributed by atoms with Crippen molar-refractivity contribution in [3.05, 3.63) is 23.9 Å². The maximum absolute atomic E-state index is 12.4. The van der Waals surface area contributed by atoms with Gasteiger partial charge in [-0.2, -0.15) is 0 Å². The average molecular weight is 303 g/mol. The van der Waals surface area contributed by atoms with Gasteiger partial charge in [0.2, 0.25) is 5.91 Å². The van der Waals surface area contributed by atoms with Crippen LogP contribution in [0.5, 0.6) is 0 Å². The lowest BCUT2D eigenvalue weighted by Crippen LogP contribution is -2.42. The second-order valence-corrected chi connectivity index (χ2v) is 6.54. The summed E-state index contributed by atoms with van der Waals surface area (Å²) in [6.07, 6.45) is 4.99. The van der Waals surface area contributed by atoms with E-state index in [1.165, 1.54) is 0 Å². The van der Waals surface area contributed by atoms with Crippen LogP contribution in [0.15, 0.2) is 18.3 Å². The average Bonchev–Trinajstić information content (AvgIpc) is 3.03. The highest BCUT2D eigenvalue weighted by molar-refractivity contribution is 5.91. The van der Waals surface area contributed by atoms with E-state index in [1.807, 2.05) is 19.1 Å². The molecule has 22 heavy (non-hydrogen) atoms. The second kappa shape index (κ2) is 7.20. The molecule has 1 N–H and O–H groups in total. The van der Waals surface area contributed by atoms with E-state index >= 15 is 0 Å². The molecule has 5 heteroatoms. The molecule has 2 atom stereocenters. The standard InChI is InChI=1S/C17H25N3O2/c1-13-4-5-16(18-9-13)19-17(21)15-3-2-7-20(11-15)10-14-6-8-22-12-14/h4-5,9,14-15H,2-3,6-8,10-12H2,1H3,(H,18,19,21)/t14-,15-/m1/s1. The van der Waals surface area contributed by atoms with Crippen LogP contribution in [0.1, 0.15) is 24.8 Å². The van der Waals surface area contributed by atoms with Crippen LogP contribution < -0.4 is 5.32 Å². The summed E-state index contributed by atoms with van der Waals surface area (Å²) < 4.78 is 5.45. The van der Waals surface area contributed by atoms with Crippen molar-refractivity contribution in [3.8, 4) is 0 Å². The summed E-state index contributed by atoms with van der Waals surface area (Å²) in [6, 6.07) is 3.83. The van der Waals surface area contributed by atoms with E-state index in [9.17, 15) is 4.79 Å². The molecule has 0 aliphatic carbocycles. The number of carbonyl (C=O) groups excluding carboxylic acids is 1. The minimum Gasteiger partial charge on any atom is -0.381 e. The minimum absolute atomic E-state index is 0.0687. The van der Waals surface area contributed by atoms with E-state index in [-0.39, 0.29) is 11.8 Å². The number of aryl methyl sites for hydroxylation is 1. The summed E-state index contributed by atoms with van der Waals surface area (Å²) >= 11 is 0.